The topological polar surface area (TPSA) is 59.9 Å². The van der Waals surface area contributed by atoms with Gasteiger partial charge in [-0.15, -0.1) is 0 Å². The molecule has 4 aromatic rings. The van der Waals surface area contributed by atoms with Gasteiger partial charge in [0.1, 0.15) is 16.4 Å². The fourth-order valence-electron chi connectivity index (χ4n) is 3.36. The molecule has 0 atom stereocenters. The predicted molar refractivity (Wildman–Crippen MR) is 113 cm³/mol. The maximum Gasteiger partial charge on any atom is 0.178 e. The standard InChI is InChI=1S/C22H16ClFN2O2S/c1-13-6-5-9-19(25-13)21-22(29(2,27)28)20(15-7-3-4-8-17(15)24)16-12-14(23)10-11-18(16)26-21/h3-12H,1-2H3. The molecule has 29 heavy (non-hydrogen) atoms. The minimum atomic E-state index is -3.81. The molecular formula is C22H16ClFN2O2S. The Morgan fingerprint density at radius 3 is 2.41 bits per heavy atom. The molecule has 0 aliphatic rings. The fraction of sp³-hybridized carbons (Fsp3) is 0.0909. The van der Waals surface area contributed by atoms with Gasteiger partial charge in [0.05, 0.1) is 11.2 Å². The van der Waals surface area contributed by atoms with Crippen molar-refractivity contribution in [2.24, 2.45) is 0 Å². The van der Waals surface area contributed by atoms with Crippen molar-refractivity contribution in [1.29, 1.82) is 0 Å². The van der Waals surface area contributed by atoms with Crippen molar-refractivity contribution >= 4 is 32.3 Å². The van der Waals surface area contributed by atoms with Gasteiger partial charge in [-0.1, -0.05) is 35.9 Å². The number of nitrogens with zero attached hydrogens (tertiary/aromatic N) is 2. The largest absolute Gasteiger partial charge is 0.251 e. The number of pyridine rings is 2. The highest BCUT2D eigenvalue weighted by atomic mass is 35.5. The predicted octanol–water partition coefficient (Wildman–Crippen LogP) is 5.47. The fourth-order valence-corrected chi connectivity index (χ4v) is 4.62. The van der Waals surface area contributed by atoms with Crippen LogP contribution >= 0.6 is 11.6 Å². The van der Waals surface area contributed by atoms with Gasteiger partial charge in [0.25, 0.3) is 0 Å². The first-order chi connectivity index (χ1) is 13.8. The molecule has 4 rings (SSSR count). The second kappa shape index (κ2) is 7.21. The Balaban J connectivity index is 2.27. The van der Waals surface area contributed by atoms with E-state index < -0.39 is 15.7 Å². The summed E-state index contributed by atoms with van der Waals surface area (Å²) < 4.78 is 40.7. The lowest BCUT2D eigenvalue weighted by Gasteiger charge is -2.17. The van der Waals surface area contributed by atoms with Crippen LogP contribution in [-0.4, -0.2) is 24.6 Å². The Morgan fingerprint density at radius 2 is 1.72 bits per heavy atom. The quantitative estimate of drug-likeness (QED) is 0.436. The molecule has 0 fully saturated rings. The first-order valence-electron chi connectivity index (χ1n) is 8.78. The average molecular weight is 427 g/mol. The van der Waals surface area contributed by atoms with E-state index in [0.29, 0.717) is 27.3 Å². The lowest BCUT2D eigenvalue weighted by molar-refractivity contribution is 0.602. The Labute approximate surface area is 172 Å². The lowest BCUT2D eigenvalue weighted by atomic mass is 9.98. The van der Waals surface area contributed by atoms with E-state index in [1.165, 1.54) is 6.07 Å². The second-order valence-electron chi connectivity index (χ2n) is 6.74. The van der Waals surface area contributed by atoms with E-state index in [1.54, 1.807) is 48.5 Å². The number of sulfone groups is 1. The van der Waals surface area contributed by atoms with Crippen molar-refractivity contribution in [2.45, 2.75) is 11.8 Å². The van der Waals surface area contributed by atoms with Crippen molar-refractivity contribution in [3.63, 3.8) is 0 Å². The van der Waals surface area contributed by atoms with Crippen LogP contribution in [0.1, 0.15) is 5.69 Å². The molecule has 2 heterocycles. The number of aromatic nitrogens is 2. The molecule has 0 aliphatic carbocycles. The molecule has 0 spiro atoms. The molecule has 0 saturated heterocycles. The second-order valence-corrected chi connectivity index (χ2v) is 9.13. The summed E-state index contributed by atoms with van der Waals surface area (Å²) in [4.78, 5) is 8.97. The normalized spacial score (nSPS) is 11.7. The van der Waals surface area contributed by atoms with E-state index in [2.05, 4.69) is 9.97 Å². The zero-order chi connectivity index (χ0) is 20.8. The SMILES string of the molecule is Cc1cccc(-c2nc3ccc(Cl)cc3c(-c3ccccc3F)c2S(C)(=O)=O)n1. The van der Waals surface area contributed by atoms with Crippen LogP contribution in [0.3, 0.4) is 0 Å². The molecule has 0 aliphatic heterocycles. The van der Waals surface area contributed by atoms with Crippen LogP contribution in [0, 0.1) is 12.7 Å². The summed E-state index contributed by atoms with van der Waals surface area (Å²) in [6, 6.07) is 16.3. The number of fused-ring (bicyclic) bond motifs is 1. The third-order valence-corrected chi connectivity index (χ3v) is 5.92. The van der Waals surface area contributed by atoms with Crippen LogP contribution in [0.5, 0.6) is 0 Å². The van der Waals surface area contributed by atoms with Crippen LogP contribution in [0.2, 0.25) is 5.02 Å². The van der Waals surface area contributed by atoms with Gasteiger partial charge in [-0.05, 0) is 43.3 Å². The zero-order valence-corrected chi connectivity index (χ0v) is 17.2. The van der Waals surface area contributed by atoms with E-state index in [-0.39, 0.29) is 21.7 Å². The molecule has 146 valence electrons. The van der Waals surface area contributed by atoms with Crippen molar-refractivity contribution < 1.29 is 12.8 Å². The zero-order valence-electron chi connectivity index (χ0n) is 15.6. The highest BCUT2D eigenvalue weighted by molar-refractivity contribution is 7.91. The van der Waals surface area contributed by atoms with Crippen molar-refractivity contribution in [3.05, 3.63) is 77.2 Å². The summed E-state index contributed by atoms with van der Waals surface area (Å²) >= 11 is 6.18. The van der Waals surface area contributed by atoms with Gasteiger partial charge in [0.2, 0.25) is 0 Å². The molecule has 0 radical (unpaired) electrons. The number of benzene rings is 2. The summed E-state index contributed by atoms with van der Waals surface area (Å²) in [6.45, 7) is 1.81. The molecular weight excluding hydrogens is 411 g/mol. The summed E-state index contributed by atoms with van der Waals surface area (Å²) in [5.41, 5.74) is 2.20. The first-order valence-corrected chi connectivity index (χ1v) is 11.0. The van der Waals surface area contributed by atoms with E-state index in [9.17, 15) is 12.8 Å². The molecule has 7 heteroatoms. The van der Waals surface area contributed by atoms with Gasteiger partial charge < -0.3 is 0 Å². The summed E-state index contributed by atoms with van der Waals surface area (Å²) in [5.74, 6) is -0.534. The summed E-state index contributed by atoms with van der Waals surface area (Å²) in [6.07, 6.45) is 1.09. The number of hydrogen-bond acceptors (Lipinski definition) is 4. The lowest BCUT2D eigenvalue weighted by Crippen LogP contribution is -2.07. The molecule has 2 aromatic heterocycles. The minimum absolute atomic E-state index is 0.0736. The molecule has 0 unspecified atom stereocenters. The Kier molecular flexibility index (Phi) is 4.84. The van der Waals surface area contributed by atoms with E-state index in [0.717, 1.165) is 6.26 Å². The number of aryl methyl sites for hydroxylation is 1. The van der Waals surface area contributed by atoms with Gasteiger partial charge in [0.15, 0.2) is 9.84 Å². The van der Waals surface area contributed by atoms with Gasteiger partial charge in [-0.25, -0.2) is 17.8 Å². The minimum Gasteiger partial charge on any atom is -0.251 e. The molecule has 0 saturated carbocycles. The van der Waals surface area contributed by atoms with Crippen LogP contribution in [0.4, 0.5) is 4.39 Å². The van der Waals surface area contributed by atoms with E-state index >= 15 is 0 Å². The summed E-state index contributed by atoms with van der Waals surface area (Å²) in [7, 11) is -3.81. The smallest absolute Gasteiger partial charge is 0.178 e. The molecule has 4 nitrogen and oxygen atoms in total. The Bertz CT molecular complexity index is 1370. The van der Waals surface area contributed by atoms with Crippen LogP contribution in [0.15, 0.2) is 65.6 Å². The number of hydrogen-bond donors (Lipinski definition) is 0. The van der Waals surface area contributed by atoms with Gasteiger partial charge in [-0.2, -0.15) is 0 Å². The highest BCUT2D eigenvalue weighted by Gasteiger charge is 2.27. The van der Waals surface area contributed by atoms with Crippen LogP contribution in [-0.2, 0) is 9.84 Å². The molecule has 0 amide bonds. The van der Waals surface area contributed by atoms with Crippen LogP contribution < -0.4 is 0 Å². The third-order valence-electron chi connectivity index (χ3n) is 4.55. The average Bonchev–Trinajstić information content (AvgIpc) is 2.66. The van der Waals surface area contributed by atoms with Crippen molar-refractivity contribution in [1.82, 2.24) is 9.97 Å². The van der Waals surface area contributed by atoms with Gasteiger partial charge in [-0.3, -0.25) is 4.98 Å². The van der Waals surface area contributed by atoms with Crippen LogP contribution in [0.25, 0.3) is 33.4 Å². The molecule has 2 aromatic carbocycles. The highest BCUT2D eigenvalue weighted by Crippen LogP contribution is 2.41. The Hall–Kier alpha value is -2.83. The van der Waals surface area contributed by atoms with E-state index in [1.807, 2.05) is 13.0 Å². The summed E-state index contributed by atoms with van der Waals surface area (Å²) in [5, 5.41) is 0.859. The first kappa shape index (κ1) is 19.5. The monoisotopic (exact) mass is 426 g/mol. The van der Waals surface area contributed by atoms with E-state index in [4.69, 9.17) is 11.6 Å². The van der Waals surface area contributed by atoms with Crippen molar-refractivity contribution in [3.8, 4) is 22.5 Å². The maximum atomic E-state index is 14.8. The molecule has 0 N–H and O–H groups in total. The van der Waals surface area contributed by atoms with Crippen molar-refractivity contribution in [2.75, 3.05) is 6.26 Å². The maximum absolute atomic E-state index is 14.8. The van der Waals surface area contributed by atoms with Gasteiger partial charge >= 0.3 is 0 Å². The molecule has 0 bridgehead atoms. The number of rotatable bonds is 3. The third kappa shape index (κ3) is 3.61. The van der Waals surface area contributed by atoms with Gasteiger partial charge in [0, 0.05) is 33.5 Å². The number of halogens is 2. The Morgan fingerprint density at radius 1 is 0.966 bits per heavy atom.